The Morgan fingerprint density at radius 1 is 1.20 bits per heavy atom. The van der Waals surface area contributed by atoms with Gasteiger partial charge in [0.15, 0.2) is 0 Å². The molecule has 1 aromatic heterocycles. The fraction of sp³-hybridized carbons (Fsp3) is 0.565. The molecule has 7 rings (SSSR count). The summed E-state index contributed by atoms with van der Waals surface area (Å²) in [6, 6.07) is 4.77. The molecule has 1 aromatic carbocycles. The Morgan fingerprint density at radius 2 is 1.94 bits per heavy atom. The Balaban J connectivity index is 1.07. The van der Waals surface area contributed by atoms with Crippen molar-refractivity contribution in [1.29, 1.82) is 0 Å². The first kappa shape index (κ1) is 22.3. The molecule has 35 heavy (non-hydrogen) atoms. The van der Waals surface area contributed by atoms with Gasteiger partial charge in [0.1, 0.15) is 5.82 Å². The predicted octanol–water partition coefficient (Wildman–Crippen LogP) is 3.40. The second kappa shape index (κ2) is 7.17. The third-order valence-electron chi connectivity index (χ3n) is 8.22. The quantitative estimate of drug-likeness (QED) is 0.487. The van der Waals surface area contributed by atoms with Crippen molar-refractivity contribution >= 4 is 23.5 Å². The number of hydrogen-bond donors (Lipinski definition) is 2. The average Bonchev–Trinajstić information content (AvgIpc) is 3.16. The second-order valence-corrected chi connectivity index (χ2v) is 10.4. The zero-order chi connectivity index (χ0) is 24.8. The highest BCUT2D eigenvalue weighted by atomic mass is 19.4. The molecule has 8 nitrogen and oxygen atoms in total. The minimum absolute atomic E-state index is 0.000867. The van der Waals surface area contributed by atoms with Gasteiger partial charge in [-0.2, -0.15) is 13.2 Å². The van der Waals surface area contributed by atoms with Crippen molar-refractivity contribution < 1.29 is 31.6 Å². The molecule has 2 amide bonds. The number of carbonyl (C=O) groups is 2. The van der Waals surface area contributed by atoms with Gasteiger partial charge in [-0.15, -0.1) is 5.10 Å². The first-order valence-electron chi connectivity index (χ1n) is 11.6. The summed E-state index contributed by atoms with van der Waals surface area (Å²) in [4.78, 5) is 25.4. The van der Waals surface area contributed by atoms with Crippen LogP contribution >= 0.6 is 0 Å². The summed E-state index contributed by atoms with van der Waals surface area (Å²) in [5.41, 5.74) is -1.31. The van der Waals surface area contributed by atoms with Crippen molar-refractivity contribution in [3.05, 3.63) is 35.5 Å². The lowest BCUT2D eigenvalue weighted by Gasteiger charge is -2.68. The number of hydrogen-bond acceptors (Lipinski definition) is 7. The molecule has 5 fully saturated rings. The van der Waals surface area contributed by atoms with E-state index in [1.807, 2.05) is 11.8 Å². The number of imide groups is 1. The third-order valence-corrected chi connectivity index (χ3v) is 8.22. The molecule has 12 heteroatoms. The Labute approximate surface area is 197 Å². The zero-order valence-electron chi connectivity index (χ0n) is 18.8. The Kier molecular flexibility index (Phi) is 4.57. The van der Waals surface area contributed by atoms with Gasteiger partial charge in [-0.05, 0) is 44.7 Å². The lowest BCUT2D eigenvalue weighted by Crippen LogP contribution is -2.70. The van der Waals surface area contributed by atoms with Crippen molar-refractivity contribution in [3.63, 3.8) is 0 Å². The highest BCUT2D eigenvalue weighted by Gasteiger charge is 2.80. The minimum Gasteiger partial charge on any atom is -0.408 e. The van der Waals surface area contributed by atoms with Crippen LogP contribution in [0.1, 0.15) is 56.4 Å². The third kappa shape index (κ3) is 3.24. The van der Waals surface area contributed by atoms with Gasteiger partial charge in [0.05, 0.1) is 22.8 Å². The van der Waals surface area contributed by atoms with Crippen LogP contribution in [0.15, 0.2) is 22.6 Å². The van der Waals surface area contributed by atoms with E-state index in [1.165, 1.54) is 6.07 Å². The molecule has 2 aliphatic heterocycles. The molecule has 0 radical (unpaired) electrons. The Bertz CT molecular complexity index is 1210. The SMILES string of the molecule is C[C@@H]1[C@@H](Nc2nnc(C34CC(C(F)(F)F)(C3)C4)o2)CN1c1ccc(C2CCC(=O)NC2=O)c(F)c1. The topological polar surface area (TPSA) is 100 Å². The highest BCUT2D eigenvalue weighted by Crippen LogP contribution is 2.78. The fourth-order valence-electron chi connectivity index (χ4n) is 6.05. The number of amides is 2. The average molecular weight is 493 g/mol. The van der Waals surface area contributed by atoms with Gasteiger partial charge in [-0.3, -0.25) is 14.9 Å². The van der Waals surface area contributed by atoms with Gasteiger partial charge in [0.25, 0.3) is 0 Å². The number of nitrogens with one attached hydrogen (secondary N) is 2. The Hall–Kier alpha value is -3.18. The zero-order valence-corrected chi connectivity index (χ0v) is 18.8. The predicted molar refractivity (Wildman–Crippen MR) is 114 cm³/mol. The summed E-state index contributed by atoms with van der Waals surface area (Å²) in [6.07, 6.45) is -3.74. The van der Waals surface area contributed by atoms with Crippen LogP contribution in [-0.4, -0.2) is 46.8 Å². The molecule has 5 aliphatic rings. The van der Waals surface area contributed by atoms with E-state index >= 15 is 0 Å². The number of halogens is 4. The summed E-state index contributed by atoms with van der Waals surface area (Å²) >= 11 is 0. The molecule has 2 aromatic rings. The number of benzene rings is 1. The van der Waals surface area contributed by atoms with Gasteiger partial charge in [-0.25, -0.2) is 4.39 Å². The molecule has 3 atom stereocenters. The maximum absolute atomic E-state index is 14.8. The van der Waals surface area contributed by atoms with E-state index in [4.69, 9.17) is 4.42 Å². The van der Waals surface area contributed by atoms with E-state index in [9.17, 15) is 27.2 Å². The van der Waals surface area contributed by atoms with E-state index in [2.05, 4.69) is 20.8 Å². The molecule has 3 saturated carbocycles. The summed E-state index contributed by atoms with van der Waals surface area (Å²) in [6.45, 7) is 2.47. The van der Waals surface area contributed by atoms with Crippen molar-refractivity contribution in [2.45, 2.75) is 68.6 Å². The van der Waals surface area contributed by atoms with Crippen LogP contribution in [0.2, 0.25) is 0 Å². The monoisotopic (exact) mass is 493 g/mol. The smallest absolute Gasteiger partial charge is 0.394 e. The van der Waals surface area contributed by atoms with Crippen molar-refractivity contribution in [2.24, 2.45) is 5.41 Å². The molecule has 3 heterocycles. The van der Waals surface area contributed by atoms with Crippen LogP contribution in [0.3, 0.4) is 0 Å². The summed E-state index contributed by atoms with van der Waals surface area (Å²) in [5.74, 6) is -1.78. The van der Waals surface area contributed by atoms with Crippen LogP contribution in [0.4, 0.5) is 29.3 Å². The number of nitrogens with zero attached hydrogens (tertiary/aromatic N) is 3. The van der Waals surface area contributed by atoms with E-state index < -0.39 is 34.6 Å². The molecule has 2 saturated heterocycles. The van der Waals surface area contributed by atoms with Gasteiger partial charge in [-0.1, -0.05) is 11.2 Å². The van der Waals surface area contributed by atoms with Crippen molar-refractivity contribution in [2.75, 3.05) is 16.8 Å². The van der Waals surface area contributed by atoms with Gasteiger partial charge in [0.2, 0.25) is 17.7 Å². The first-order chi connectivity index (χ1) is 16.5. The molecule has 186 valence electrons. The highest BCUT2D eigenvalue weighted by molar-refractivity contribution is 6.01. The number of rotatable bonds is 5. The van der Waals surface area contributed by atoms with E-state index in [-0.39, 0.29) is 67.6 Å². The number of piperidine rings is 1. The summed E-state index contributed by atoms with van der Waals surface area (Å²) in [5, 5.41) is 13.3. The molecule has 2 N–H and O–H groups in total. The summed E-state index contributed by atoms with van der Waals surface area (Å²) in [7, 11) is 0. The van der Waals surface area contributed by atoms with Crippen molar-refractivity contribution in [1.82, 2.24) is 15.5 Å². The largest absolute Gasteiger partial charge is 0.408 e. The Morgan fingerprint density at radius 3 is 2.57 bits per heavy atom. The maximum atomic E-state index is 14.8. The molecule has 2 bridgehead atoms. The van der Waals surface area contributed by atoms with Gasteiger partial charge in [0, 0.05) is 30.3 Å². The number of anilines is 2. The van der Waals surface area contributed by atoms with E-state index in [0.717, 1.165) is 0 Å². The van der Waals surface area contributed by atoms with Crippen LogP contribution in [-0.2, 0) is 15.0 Å². The number of aromatic nitrogens is 2. The van der Waals surface area contributed by atoms with Crippen molar-refractivity contribution in [3.8, 4) is 0 Å². The number of alkyl halides is 3. The lowest BCUT2D eigenvalue weighted by molar-refractivity contribution is -0.340. The van der Waals surface area contributed by atoms with Crippen LogP contribution < -0.4 is 15.5 Å². The molecule has 0 spiro atoms. The molecule has 3 aliphatic carbocycles. The fourth-order valence-corrected chi connectivity index (χ4v) is 6.05. The lowest BCUT2D eigenvalue weighted by atomic mass is 9.34. The second-order valence-electron chi connectivity index (χ2n) is 10.4. The molecule has 1 unspecified atom stereocenters. The standard InChI is InChI=1S/C23H23F4N5O3/c1-11-16(28-20-31-30-19(35-20)21-8-22(9-21,10-21)23(25,26)27)7-32(11)12-2-3-13(15(24)6-12)14-4-5-17(33)29-18(14)34/h2-3,6,11,14,16H,4-5,7-10H2,1H3,(H,28,31)(H,29,33,34)/t11-,14?,16+,21?,22?/m1/s1. The van der Waals surface area contributed by atoms with Crippen LogP contribution in [0.25, 0.3) is 0 Å². The molecular weight excluding hydrogens is 470 g/mol. The maximum Gasteiger partial charge on any atom is 0.394 e. The van der Waals surface area contributed by atoms with Crippen LogP contribution in [0.5, 0.6) is 0 Å². The normalized spacial score (nSPS) is 34.0. The van der Waals surface area contributed by atoms with Gasteiger partial charge >= 0.3 is 12.2 Å². The summed E-state index contributed by atoms with van der Waals surface area (Å²) < 4.78 is 59.8. The number of carbonyl (C=O) groups excluding carboxylic acids is 2. The minimum atomic E-state index is -4.19. The van der Waals surface area contributed by atoms with Crippen LogP contribution in [0, 0.1) is 11.2 Å². The van der Waals surface area contributed by atoms with Gasteiger partial charge < -0.3 is 14.6 Å². The van der Waals surface area contributed by atoms with E-state index in [0.29, 0.717) is 12.2 Å². The molecular formula is C23H23F4N5O3. The first-order valence-corrected chi connectivity index (χ1v) is 11.6. The van der Waals surface area contributed by atoms with E-state index in [1.54, 1.807) is 12.1 Å².